The van der Waals surface area contributed by atoms with E-state index in [1.807, 2.05) is 0 Å². The van der Waals surface area contributed by atoms with E-state index >= 15 is 0 Å². The highest BCUT2D eigenvalue weighted by atomic mass is 16.2. The van der Waals surface area contributed by atoms with E-state index in [-0.39, 0.29) is 11.5 Å². The molecule has 0 aromatic carbocycles. The van der Waals surface area contributed by atoms with Gasteiger partial charge < -0.3 is 0 Å². The summed E-state index contributed by atoms with van der Waals surface area (Å²) in [4.78, 5) is 34.7. The summed E-state index contributed by atoms with van der Waals surface area (Å²) in [6.45, 7) is 2.56. The van der Waals surface area contributed by atoms with Crippen LogP contribution in [0.1, 0.15) is 33.1 Å². The normalized spacial score (nSPS) is 16.1. The minimum Gasteiger partial charge on any atom is -0.293 e. The van der Waals surface area contributed by atoms with Crippen molar-refractivity contribution in [2.24, 2.45) is 0 Å². The lowest BCUT2D eigenvalue weighted by molar-refractivity contribution is -0.142. The Morgan fingerprint density at radius 2 is 1.86 bits per heavy atom. The number of hydrogen-bond donors (Lipinski definition) is 0. The standard InChI is InChI=1S/C10H13NO3/c1-7(12)11(8(2)13)9-5-3-4-6-10(9)14/h5H,3-4,6H2,1-2H3. The van der Waals surface area contributed by atoms with E-state index < -0.39 is 11.8 Å². The van der Waals surface area contributed by atoms with Gasteiger partial charge >= 0.3 is 0 Å². The largest absolute Gasteiger partial charge is 0.293 e. The Morgan fingerprint density at radius 1 is 1.29 bits per heavy atom. The summed E-state index contributed by atoms with van der Waals surface area (Å²) in [5.41, 5.74) is 0.247. The third-order valence-corrected chi connectivity index (χ3v) is 2.10. The van der Waals surface area contributed by atoms with Gasteiger partial charge in [0.05, 0.1) is 5.70 Å². The van der Waals surface area contributed by atoms with Gasteiger partial charge in [0.15, 0.2) is 5.78 Å². The quantitative estimate of drug-likeness (QED) is 0.627. The number of imide groups is 1. The first-order chi connectivity index (χ1) is 6.54. The van der Waals surface area contributed by atoms with Crippen LogP contribution in [0.5, 0.6) is 0 Å². The average molecular weight is 195 g/mol. The van der Waals surface area contributed by atoms with Crippen LogP contribution in [-0.4, -0.2) is 22.5 Å². The fourth-order valence-corrected chi connectivity index (χ4v) is 1.52. The number of allylic oxidation sites excluding steroid dienone is 2. The minimum absolute atomic E-state index is 0.123. The van der Waals surface area contributed by atoms with Crippen molar-refractivity contribution in [3.8, 4) is 0 Å². The van der Waals surface area contributed by atoms with Crippen LogP contribution in [0.15, 0.2) is 11.8 Å². The Kier molecular flexibility index (Phi) is 3.17. The van der Waals surface area contributed by atoms with Gasteiger partial charge in [-0.3, -0.25) is 14.4 Å². The Hall–Kier alpha value is -1.45. The summed E-state index contributed by atoms with van der Waals surface area (Å²) >= 11 is 0. The molecule has 0 aliphatic heterocycles. The van der Waals surface area contributed by atoms with Crippen LogP contribution in [0.2, 0.25) is 0 Å². The average Bonchev–Trinajstić information content (AvgIpc) is 2.07. The van der Waals surface area contributed by atoms with Crippen molar-refractivity contribution in [2.75, 3.05) is 0 Å². The van der Waals surface area contributed by atoms with Crippen molar-refractivity contribution >= 4 is 17.6 Å². The molecular formula is C10H13NO3. The molecule has 2 amide bonds. The molecule has 0 radical (unpaired) electrons. The van der Waals surface area contributed by atoms with Gasteiger partial charge in [0.25, 0.3) is 0 Å². The fraction of sp³-hybridized carbons (Fsp3) is 0.500. The molecule has 0 fully saturated rings. The van der Waals surface area contributed by atoms with Gasteiger partial charge in [-0.15, -0.1) is 0 Å². The molecule has 0 saturated heterocycles. The van der Waals surface area contributed by atoms with Crippen molar-refractivity contribution in [3.05, 3.63) is 11.8 Å². The highest BCUT2D eigenvalue weighted by molar-refractivity contribution is 6.06. The second-order valence-electron chi connectivity index (χ2n) is 3.28. The molecule has 76 valence electrons. The fourth-order valence-electron chi connectivity index (χ4n) is 1.52. The van der Waals surface area contributed by atoms with Crippen molar-refractivity contribution < 1.29 is 14.4 Å². The molecule has 0 N–H and O–H groups in total. The Bertz CT molecular complexity index is 303. The van der Waals surface area contributed by atoms with E-state index in [1.54, 1.807) is 6.08 Å². The summed E-state index contributed by atoms with van der Waals surface area (Å²) in [5.74, 6) is -0.931. The number of nitrogens with zero attached hydrogens (tertiary/aromatic N) is 1. The van der Waals surface area contributed by atoms with Gasteiger partial charge in [-0.2, -0.15) is 0 Å². The molecule has 0 spiro atoms. The number of Topliss-reactive ketones (excluding diaryl/α,β-unsaturated/α-hetero) is 1. The van der Waals surface area contributed by atoms with Gasteiger partial charge in [-0.25, -0.2) is 4.90 Å². The molecule has 0 atom stereocenters. The first-order valence-corrected chi connectivity index (χ1v) is 4.58. The third-order valence-electron chi connectivity index (χ3n) is 2.10. The van der Waals surface area contributed by atoms with Crippen LogP contribution >= 0.6 is 0 Å². The van der Waals surface area contributed by atoms with E-state index in [4.69, 9.17) is 0 Å². The highest BCUT2D eigenvalue weighted by Gasteiger charge is 2.25. The van der Waals surface area contributed by atoms with Crippen molar-refractivity contribution in [1.29, 1.82) is 0 Å². The zero-order valence-corrected chi connectivity index (χ0v) is 8.37. The van der Waals surface area contributed by atoms with E-state index in [1.165, 1.54) is 13.8 Å². The molecule has 0 saturated carbocycles. The van der Waals surface area contributed by atoms with Crippen molar-refractivity contribution in [2.45, 2.75) is 33.1 Å². The molecular weight excluding hydrogens is 182 g/mol. The molecule has 0 bridgehead atoms. The third kappa shape index (κ3) is 2.07. The SMILES string of the molecule is CC(=O)N(C(C)=O)C1=CCCCC1=O. The van der Waals surface area contributed by atoms with Crippen LogP contribution in [0, 0.1) is 0 Å². The smallest absolute Gasteiger partial charge is 0.230 e. The zero-order valence-electron chi connectivity index (χ0n) is 8.37. The van der Waals surface area contributed by atoms with Crippen molar-refractivity contribution in [1.82, 2.24) is 4.90 Å². The molecule has 0 aromatic rings. The Morgan fingerprint density at radius 3 is 2.29 bits per heavy atom. The van der Waals surface area contributed by atoms with Crippen LogP contribution in [0.25, 0.3) is 0 Å². The first kappa shape index (κ1) is 10.6. The number of amides is 2. The molecule has 1 aliphatic carbocycles. The predicted molar refractivity (Wildman–Crippen MR) is 50.1 cm³/mol. The number of rotatable bonds is 1. The lowest BCUT2D eigenvalue weighted by Crippen LogP contribution is -2.36. The maximum Gasteiger partial charge on any atom is 0.230 e. The predicted octanol–water partition coefficient (Wildman–Crippen LogP) is 1.02. The summed E-state index contributed by atoms with van der Waals surface area (Å²) in [5, 5.41) is 0. The van der Waals surface area contributed by atoms with Gasteiger partial charge in [-0.1, -0.05) is 6.08 Å². The summed E-state index contributed by atoms with van der Waals surface area (Å²) in [6, 6.07) is 0. The number of carbonyl (C=O) groups excluding carboxylic acids is 3. The number of carbonyl (C=O) groups is 3. The molecule has 14 heavy (non-hydrogen) atoms. The second-order valence-corrected chi connectivity index (χ2v) is 3.28. The number of hydrogen-bond acceptors (Lipinski definition) is 3. The Labute approximate surface area is 82.6 Å². The minimum atomic E-state index is -0.404. The van der Waals surface area contributed by atoms with E-state index in [9.17, 15) is 14.4 Å². The van der Waals surface area contributed by atoms with Crippen LogP contribution in [0.4, 0.5) is 0 Å². The van der Waals surface area contributed by atoms with Crippen molar-refractivity contribution in [3.63, 3.8) is 0 Å². The van der Waals surface area contributed by atoms with Gasteiger partial charge in [0.1, 0.15) is 0 Å². The molecule has 1 rings (SSSR count). The van der Waals surface area contributed by atoms with E-state index in [0.717, 1.165) is 17.7 Å². The Balaban J connectivity index is 2.98. The molecule has 4 heteroatoms. The zero-order chi connectivity index (χ0) is 10.7. The molecule has 0 heterocycles. The summed E-state index contributed by atoms with van der Waals surface area (Å²) in [7, 11) is 0. The maximum absolute atomic E-state index is 11.4. The monoisotopic (exact) mass is 195 g/mol. The van der Waals surface area contributed by atoms with Gasteiger partial charge in [-0.05, 0) is 12.8 Å². The topological polar surface area (TPSA) is 54.5 Å². The second kappa shape index (κ2) is 4.17. The maximum atomic E-state index is 11.4. The molecule has 0 unspecified atom stereocenters. The van der Waals surface area contributed by atoms with Gasteiger partial charge in [0.2, 0.25) is 11.8 Å². The summed E-state index contributed by atoms with van der Waals surface area (Å²) in [6.07, 6.45) is 3.63. The van der Waals surface area contributed by atoms with Crippen LogP contribution in [0.3, 0.4) is 0 Å². The summed E-state index contributed by atoms with van der Waals surface area (Å²) < 4.78 is 0. The van der Waals surface area contributed by atoms with E-state index in [0.29, 0.717) is 6.42 Å². The van der Waals surface area contributed by atoms with E-state index in [2.05, 4.69) is 0 Å². The molecule has 1 aliphatic rings. The van der Waals surface area contributed by atoms with Crippen LogP contribution < -0.4 is 0 Å². The molecule has 4 nitrogen and oxygen atoms in total. The lowest BCUT2D eigenvalue weighted by Gasteiger charge is -2.22. The lowest BCUT2D eigenvalue weighted by atomic mass is 10.0. The molecule has 0 aromatic heterocycles. The van der Waals surface area contributed by atoms with Gasteiger partial charge in [0, 0.05) is 20.3 Å². The van der Waals surface area contributed by atoms with Crippen LogP contribution in [-0.2, 0) is 14.4 Å². The highest BCUT2D eigenvalue weighted by Crippen LogP contribution is 2.18. The number of ketones is 1. The first-order valence-electron chi connectivity index (χ1n) is 4.58.